The molecule has 0 fully saturated rings. The number of nitrogens with zero attached hydrogens (tertiary/aromatic N) is 4. The van der Waals surface area contributed by atoms with Crippen molar-refractivity contribution in [3.63, 3.8) is 0 Å². The molecule has 27 heavy (non-hydrogen) atoms. The van der Waals surface area contributed by atoms with Crippen molar-refractivity contribution in [3.05, 3.63) is 54.1 Å². The zero-order valence-corrected chi connectivity index (χ0v) is 15.4. The Morgan fingerprint density at radius 1 is 1.26 bits per heavy atom. The van der Waals surface area contributed by atoms with Gasteiger partial charge in [-0.05, 0) is 38.5 Å². The lowest BCUT2D eigenvalue weighted by molar-refractivity contribution is 0.0953. The average Bonchev–Trinajstić information content (AvgIpc) is 3.27. The number of aromatic nitrogens is 5. The zero-order chi connectivity index (χ0) is 18.8. The molecule has 7 heteroatoms. The molecular weight excluding hydrogens is 340 g/mol. The minimum atomic E-state index is -0.119. The van der Waals surface area contributed by atoms with Crippen LogP contribution in [0.1, 0.15) is 42.5 Å². The third-order valence-corrected chi connectivity index (χ3v) is 4.50. The van der Waals surface area contributed by atoms with Crippen LogP contribution < -0.4 is 5.32 Å². The highest BCUT2D eigenvalue weighted by atomic mass is 16.1. The van der Waals surface area contributed by atoms with Crippen LogP contribution in [0.15, 0.2) is 42.7 Å². The second-order valence-corrected chi connectivity index (χ2v) is 6.88. The molecule has 4 aromatic rings. The normalized spacial score (nSPS) is 11.5. The van der Waals surface area contributed by atoms with E-state index in [2.05, 4.69) is 39.2 Å². The summed E-state index contributed by atoms with van der Waals surface area (Å²) in [5, 5.41) is 8.16. The van der Waals surface area contributed by atoms with E-state index in [0.29, 0.717) is 12.1 Å². The van der Waals surface area contributed by atoms with E-state index in [0.717, 1.165) is 40.7 Å². The lowest BCUT2D eigenvalue weighted by Gasteiger charge is -2.07. The molecule has 0 saturated heterocycles. The van der Waals surface area contributed by atoms with E-state index in [9.17, 15) is 4.79 Å². The van der Waals surface area contributed by atoms with Crippen molar-refractivity contribution in [3.8, 4) is 0 Å². The topological polar surface area (TPSA) is 88.5 Å². The fraction of sp³-hybridized carbons (Fsp3) is 0.300. The van der Waals surface area contributed by atoms with Crippen LogP contribution in [0.2, 0.25) is 0 Å². The number of H-pyrrole nitrogens is 1. The Morgan fingerprint density at radius 3 is 2.93 bits per heavy atom. The first-order chi connectivity index (χ1) is 13.1. The fourth-order valence-electron chi connectivity index (χ4n) is 3.13. The molecule has 0 saturated carbocycles. The highest BCUT2D eigenvalue weighted by molar-refractivity contribution is 5.96. The summed E-state index contributed by atoms with van der Waals surface area (Å²) in [6.07, 6.45) is 4.96. The molecule has 1 aromatic carbocycles. The molecule has 0 unspecified atom stereocenters. The van der Waals surface area contributed by atoms with Crippen LogP contribution in [0.25, 0.3) is 22.1 Å². The van der Waals surface area contributed by atoms with Gasteiger partial charge in [0.25, 0.3) is 5.91 Å². The number of benzene rings is 1. The smallest absolute Gasteiger partial charge is 0.252 e. The molecule has 7 nitrogen and oxygen atoms in total. The minimum absolute atomic E-state index is 0.119. The first-order valence-corrected chi connectivity index (χ1v) is 9.17. The Hall–Kier alpha value is -3.22. The summed E-state index contributed by atoms with van der Waals surface area (Å²) in [4.78, 5) is 24.6. The molecule has 0 aliphatic rings. The van der Waals surface area contributed by atoms with Crippen molar-refractivity contribution >= 4 is 28.0 Å². The van der Waals surface area contributed by atoms with Crippen molar-refractivity contribution in [1.29, 1.82) is 0 Å². The zero-order valence-electron chi connectivity index (χ0n) is 15.4. The Labute approximate surface area is 156 Å². The molecule has 138 valence electrons. The molecule has 0 aliphatic carbocycles. The van der Waals surface area contributed by atoms with Crippen molar-refractivity contribution in [2.24, 2.45) is 0 Å². The maximum atomic E-state index is 12.4. The molecule has 0 aliphatic heterocycles. The number of rotatable bonds is 6. The first-order valence-electron chi connectivity index (χ1n) is 9.17. The van der Waals surface area contributed by atoms with Crippen LogP contribution in [-0.2, 0) is 6.42 Å². The lowest BCUT2D eigenvalue weighted by Crippen LogP contribution is -2.25. The maximum absolute atomic E-state index is 12.4. The van der Waals surface area contributed by atoms with Gasteiger partial charge in [-0.1, -0.05) is 12.1 Å². The van der Waals surface area contributed by atoms with Crippen molar-refractivity contribution in [2.45, 2.75) is 32.7 Å². The third kappa shape index (κ3) is 3.53. The molecule has 2 N–H and O–H groups in total. The van der Waals surface area contributed by atoms with Crippen molar-refractivity contribution < 1.29 is 4.79 Å². The van der Waals surface area contributed by atoms with E-state index in [1.54, 1.807) is 12.4 Å². The molecule has 0 atom stereocenters. The lowest BCUT2D eigenvalue weighted by atomic mass is 10.2. The van der Waals surface area contributed by atoms with Crippen molar-refractivity contribution in [2.75, 3.05) is 6.54 Å². The number of imidazole rings is 1. The average molecular weight is 362 g/mol. The van der Waals surface area contributed by atoms with Crippen LogP contribution in [0.3, 0.4) is 0 Å². The molecular formula is C20H22N6O. The molecule has 4 rings (SSSR count). The quantitative estimate of drug-likeness (QED) is 0.515. The first kappa shape index (κ1) is 17.2. The van der Waals surface area contributed by atoms with Gasteiger partial charge in [0.05, 0.1) is 22.8 Å². The number of carbonyl (C=O) groups is 1. The second kappa shape index (κ2) is 7.19. The summed E-state index contributed by atoms with van der Waals surface area (Å²) in [6, 6.07) is 10.0. The van der Waals surface area contributed by atoms with Crippen LogP contribution in [0.5, 0.6) is 0 Å². The minimum Gasteiger partial charge on any atom is -0.352 e. The largest absolute Gasteiger partial charge is 0.352 e. The number of para-hydroxylation sites is 2. The highest BCUT2D eigenvalue weighted by Gasteiger charge is 2.11. The number of amides is 1. The van der Waals surface area contributed by atoms with E-state index >= 15 is 0 Å². The molecule has 3 aromatic heterocycles. The van der Waals surface area contributed by atoms with Gasteiger partial charge in [-0.3, -0.25) is 4.79 Å². The number of pyridine rings is 1. The SMILES string of the molecule is CC(C)n1ncc2cc(C(=O)NCCCc3nc4ccccc4[nH]3)cnc21. The summed E-state index contributed by atoms with van der Waals surface area (Å²) >= 11 is 0. The van der Waals surface area contributed by atoms with Gasteiger partial charge >= 0.3 is 0 Å². The van der Waals surface area contributed by atoms with Gasteiger partial charge in [-0.2, -0.15) is 5.10 Å². The van der Waals surface area contributed by atoms with Gasteiger partial charge in [0.15, 0.2) is 5.65 Å². The Bertz CT molecular complexity index is 1060. The van der Waals surface area contributed by atoms with Gasteiger partial charge in [0.2, 0.25) is 0 Å². The van der Waals surface area contributed by atoms with E-state index in [4.69, 9.17) is 0 Å². The van der Waals surface area contributed by atoms with Gasteiger partial charge in [-0.25, -0.2) is 14.6 Å². The molecule has 0 radical (unpaired) electrons. The highest BCUT2D eigenvalue weighted by Crippen LogP contribution is 2.16. The Balaban J connectivity index is 1.34. The summed E-state index contributed by atoms with van der Waals surface area (Å²) in [6.45, 7) is 4.69. The van der Waals surface area contributed by atoms with Crippen LogP contribution in [-0.4, -0.2) is 37.2 Å². The monoisotopic (exact) mass is 362 g/mol. The van der Waals surface area contributed by atoms with Crippen LogP contribution >= 0.6 is 0 Å². The predicted octanol–water partition coefficient (Wildman–Crippen LogP) is 3.25. The van der Waals surface area contributed by atoms with E-state index < -0.39 is 0 Å². The Morgan fingerprint density at radius 2 is 2.11 bits per heavy atom. The summed E-state index contributed by atoms with van der Waals surface area (Å²) < 4.78 is 1.85. The fourth-order valence-corrected chi connectivity index (χ4v) is 3.13. The summed E-state index contributed by atoms with van der Waals surface area (Å²) in [5.74, 6) is 0.820. The molecule has 0 bridgehead atoms. The number of carbonyl (C=O) groups excluding carboxylic acids is 1. The number of hydrogen-bond acceptors (Lipinski definition) is 4. The van der Waals surface area contributed by atoms with Gasteiger partial charge in [0, 0.05) is 30.6 Å². The molecule has 1 amide bonds. The Kier molecular flexibility index (Phi) is 4.58. The van der Waals surface area contributed by atoms with Crippen LogP contribution in [0.4, 0.5) is 0 Å². The van der Waals surface area contributed by atoms with Gasteiger partial charge in [-0.15, -0.1) is 0 Å². The summed E-state index contributed by atoms with van der Waals surface area (Å²) in [5.41, 5.74) is 3.36. The van der Waals surface area contributed by atoms with E-state index in [1.807, 2.05) is 35.0 Å². The third-order valence-electron chi connectivity index (χ3n) is 4.50. The second-order valence-electron chi connectivity index (χ2n) is 6.88. The standard InChI is InChI=1S/C20H22N6O/c1-13(2)26-19-14(12-23-26)10-15(11-22-19)20(27)21-9-5-8-18-24-16-6-3-4-7-17(16)25-18/h3-4,6-7,10-13H,5,8-9H2,1-2H3,(H,21,27)(H,24,25). The maximum Gasteiger partial charge on any atom is 0.252 e. The molecule has 3 heterocycles. The number of aryl methyl sites for hydroxylation is 1. The number of fused-ring (bicyclic) bond motifs is 2. The van der Waals surface area contributed by atoms with Crippen molar-refractivity contribution in [1.82, 2.24) is 30.0 Å². The van der Waals surface area contributed by atoms with Gasteiger partial charge in [0.1, 0.15) is 5.82 Å². The van der Waals surface area contributed by atoms with Crippen LogP contribution in [0, 0.1) is 0 Å². The molecule has 0 spiro atoms. The van der Waals surface area contributed by atoms with E-state index in [1.165, 1.54) is 0 Å². The predicted molar refractivity (Wildman–Crippen MR) is 105 cm³/mol. The van der Waals surface area contributed by atoms with Gasteiger partial charge < -0.3 is 10.3 Å². The summed E-state index contributed by atoms with van der Waals surface area (Å²) in [7, 11) is 0. The van der Waals surface area contributed by atoms with E-state index in [-0.39, 0.29) is 11.9 Å². The number of hydrogen-bond donors (Lipinski definition) is 2. The number of aromatic amines is 1. The number of nitrogens with one attached hydrogen (secondary N) is 2.